The van der Waals surface area contributed by atoms with Gasteiger partial charge in [0.05, 0.1) is 18.2 Å². The van der Waals surface area contributed by atoms with E-state index in [9.17, 15) is 0 Å². The molecule has 4 nitrogen and oxygen atoms in total. The standard InChI is InChI=1S/C14H19N3O/c15-12-13-2-4-14(5-3-13)18-11-1-8-17-9-6-16-7-10-17/h2-5,16H,1,6-11H2. The molecular weight excluding hydrogens is 226 g/mol. The summed E-state index contributed by atoms with van der Waals surface area (Å²) in [4.78, 5) is 2.46. The first-order valence-electron chi connectivity index (χ1n) is 6.44. The molecule has 0 bridgehead atoms. The van der Waals surface area contributed by atoms with E-state index in [0.717, 1.165) is 51.5 Å². The van der Waals surface area contributed by atoms with Crippen LogP contribution >= 0.6 is 0 Å². The van der Waals surface area contributed by atoms with Crippen LogP contribution in [0.1, 0.15) is 12.0 Å². The second kappa shape index (κ2) is 7.00. The SMILES string of the molecule is N#Cc1ccc(OCCCN2CCNCC2)cc1. The summed E-state index contributed by atoms with van der Waals surface area (Å²) in [5.41, 5.74) is 0.670. The summed E-state index contributed by atoms with van der Waals surface area (Å²) in [5.74, 6) is 0.842. The Bertz CT molecular complexity index is 390. The van der Waals surface area contributed by atoms with Crippen LogP contribution in [0.25, 0.3) is 0 Å². The Kier molecular flexibility index (Phi) is 5.00. The molecule has 0 atom stereocenters. The summed E-state index contributed by atoms with van der Waals surface area (Å²) in [5, 5.41) is 12.0. The number of benzene rings is 1. The Morgan fingerprint density at radius 3 is 2.61 bits per heavy atom. The lowest BCUT2D eigenvalue weighted by Gasteiger charge is -2.26. The average molecular weight is 245 g/mol. The van der Waals surface area contributed by atoms with E-state index in [1.807, 2.05) is 12.1 Å². The number of hydrogen-bond acceptors (Lipinski definition) is 4. The highest BCUT2D eigenvalue weighted by Gasteiger charge is 2.08. The minimum atomic E-state index is 0.670. The highest BCUT2D eigenvalue weighted by Crippen LogP contribution is 2.11. The van der Waals surface area contributed by atoms with E-state index in [2.05, 4.69) is 16.3 Å². The molecule has 0 saturated carbocycles. The number of nitrogens with zero attached hydrogens (tertiary/aromatic N) is 2. The zero-order valence-corrected chi connectivity index (χ0v) is 10.6. The normalized spacial score (nSPS) is 16.2. The Hall–Kier alpha value is -1.57. The van der Waals surface area contributed by atoms with E-state index >= 15 is 0 Å². The first kappa shape index (κ1) is 12.9. The molecule has 18 heavy (non-hydrogen) atoms. The van der Waals surface area contributed by atoms with Crippen LogP contribution in [0.15, 0.2) is 24.3 Å². The maximum atomic E-state index is 8.69. The molecule has 0 amide bonds. The van der Waals surface area contributed by atoms with Crippen molar-refractivity contribution in [3.8, 4) is 11.8 Å². The lowest BCUT2D eigenvalue weighted by molar-refractivity contribution is 0.214. The number of rotatable bonds is 5. The van der Waals surface area contributed by atoms with Crippen LogP contribution in [0.5, 0.6) is 5.75 Å². The molecule has 2 rings (SSSR count). The van der Waals surface area contributed by atoms with Crippen LogP contribution in [-0.4, -0.2) is 44.2 Å². The molecule has 1 aliphatic rings. The molecule has 1 saturated heterocycles. The van der Waals surface area contributed by atoms with E-state index in [1.165, 1.54) is 0 Å². The first-order valence-corrected chi connectivity index (χ1v) is 6.44. The Morgan fingerprint density at radius 2 is 1.94 bits per heavy atom. The maximum Gasteiger partial charge on any atom is 0.119 e. The van der Waals surface area contributed by atoms with Crippen LogP contribution in [0.2, 0.25) is 0 Å². The lowest BCUT2D eigenvalue weighted by Crippen LogP contribution is -2.43. The molecule has 0 aromatic heterocycles. The van der Waals surface area contributed by atoms with Gasteiger partial charge in [-0.1, -0.05) is 0 Å². The fourth-order valence-corrected chi connectivity index (χ4v) is 2.04. The monoisotopic (exact) mass is 245 g/mol. The Morgan fingerprint density at radius 1 is 1.22 bits per heavy atom. The predicted molar refractivity (Wildman–Crippen MR) is 70.6 cm³/mol. The molecule has 1 N–H and O–H groups in total. The van der Waals surface area contributed by atoms with E-state index in [0.29, 0.717) is 5.56 Å². The van der Waals surface area contributed by atoms with E-state index in [1.54, 1.807) is 12.1 Å². The third-order valence-electron chi connectivity index (χ3n) is 3.08. The Labute approximate surface area is 108 Å². The molecule has 1 fully saturated rings. The van der Waals surface area contributed by atoms with Crippen molar-refractivity contribution in [3.63, 3.8) is 0 Å². The molecule has 0 spiro atoms. The molecule has 1 aromatic carbocycles. The van der Waals surface area contributed by atoms with Gasteiger partial charge < -0.3 is 15.0 Å². The van der Waals surface area contributed by atoms with E-state index < -0.39 is 0 Å². The van der Waals surface area contributed by atoms with E-state index in [4.69, 9.17) is 10.00 Å². The summed E-state index contributed by atoms with van der Waals surface area (Å²) >= 11 is 0. The molecule has 1 aromatic rings. The number of piperazine rings is 1. The lowest BCUT2D eigenvalue weighted by atomic mass is 10.2. The predicted octanol–water partition coefficient (Wildman–Crippen LogP) is 1.23. The van der Waals surface area contributed by atoms with Gasteiger partial charge in [-0.05, 0) is 30.7 Å². The summed E-state index contributed by atoms with van der Waals surface area (Å²) in [7, 11) is 0. The first-order chi connectivity index (χ1) is 8.88. The van der Waals surface area contributed by atoms with Gasteiger partial charge in [0.15, 0.2) is 0 Å². The van der Waals surface area contributed by atoms with Gasteiger partial charge in [-0.2, -0.15) is 5.26 Å². The molecule has 1 aliphatic heterocycles. The van der Waals surface area contributed by atoms with Crippen molar-refractivity contribution in [2.24, 2.45) is 0 Å². The number of nitrogens with one attached hydrogen (secondary N) is 1. The van der Waals surface area contributed by atoms with Crippen molar-refractivity contribution < 1.29 is 4.74 Å². The van der Waals surface area contributed by atoms with Crippen LogP contribution < -0.4 is 10.1 Å². The summed E-state index contributed by atoms with van der Waals surface area (Å²) in [6.07, 6.45) is 1.04. The van der Waals surface area contributed by atoms with Gasteiger partial charge in [-0.15, -0.1) is 0 Å². The van der Waals surface area contributed by atoms with Gasteiger partial charge in [0.25, 0.3) is 0 Å². The molecule has 1 heterocycles. The zero-order valence-electron chi connectivity index (χ0n) is 10.6. The molecule has 0 radical (unpaired) electrons. The number of ether oxygens (including phenoxy) is 1. The number of nitriles is 1. The molecular formula is C14H19N3O. The van der Waals surface area contributed by atoms with Gasteiger partial charge in [0.2, 0.25) is 0 Å². The minimum Gasteiger partial charge on any atom is -0.494 e. The van der Waals surface area contributed by atoms with Gasteiger partial charge >= 0.3 is 0 Å². The minimum absolute atomic E-state index is 0.670. The van der Waals surface area contributed by atoms with Crippen molar-refractivity contribution >= 4 is 0 Å². The highest BCUT2D eigenvalue weighted by molar-refractivity contribution is 5.34. The third kappa shape index (κ3) is 4.02. The maximum absolute atomic E-state index is 8.69. The van der Waals surface area contributed by atoms with Crippen LogP contribution in [0.3, 0.4) is 0 Å². The highest BCUT2D eigenvalue weighted by atomic mass is 16.5. The Balaban J connectivity index is 1.63. The third-order valence-corrected chi connectivity index (χ3v) is 3.08. The van der Waals surface area contributed by atoms with Crippen molar-refractivity contribution in [1.82, 2.24) is 10.2 Å². The van der Waals surface area contributed by atoms with Crippen molar-refractivity contribution in [2.75, 3.05) is 39.3 Å². The van der Waals surface area contributed by atoms with E-state index in [-0.39, 0.29) is 0 Å². The quantitative estimate of drug-likeness (QED) is 0.793. The zero-order chi connectivity index (χ0) is 12.6. The average Bonchev–Trinajstić information content (AvgIpc) is 2.45. The van der Waals surface area contributed by atoms with Crippen molar-refractivity contribution in [1.29, 1.82) is 5.26 Å². The fraction of sp³-hybridized carbons (Fsp3) is 0.500. The van der Waals surface area contributed by atoms with Crippen LogP contribution in [0.4, 0.5) is 0 Å². The smallest absolute Gasteiger partial charge is 0.119 e. The fourth-order valence-electron chi connectivity index (χ4n) is 2.04. The van der Waals surface area contributed by atoms with Crippen LogP contribution in [-0.2, 0) is 0 Å². The van der Waals surface area contributed by atoms with Crippen LogP contribution in [0, 0.1) is 11.3 Å². The van der Waals surface area contributed by atoms with Gasteiger partial charge in [0.1, 0.15) is 5.75 Å². The molecule has 0 unspecified atom stereocenters. The second-order valence-corrected chi connectivity index (χ2v) is 4.43. The summed E-state index contributed by atoms with van der Waals surface area (Å²) < 4.78 is 5.64. The summed E-state index contributed by atoms with van der Waals surface area (Å²) in [6, 6.07) is 9.36. The summed E-state index contributed by atoms with van der Waals surface area (Å²) in [6.45, 7) is 6.29. The van der Waals surface area contributed by atoms with Crippen molar-refractivity contribution in [2.45, 2.75) is 6.42 Å². The second-order valence-electron chi connectivity index (χ2n) is 4.43. The molecule has 0 aliphatic carbocycles. The number of hydrogen-bond donors (Lipinski definition) is 1. The van der Waals surface area contributed by atoms with Gasteiger partial charge in [-0.3, -0.25) is 0 Å². The largest absolute Gasteiger partial charge is 0.494 e. The van der Waals surface area contributed by atoms with Gasteiger partial charge in [-0.25, -0.2) is 0 Å². The topological polar surface area (TPSA) is 48.3 Å². The molecule has 4 heteroatoms. The van der Waals surface area contributed by atoms with Gasteiger partial charge in [0, 0.05) is 32.7 Å². The van der Waals surface area contributed by atoms with Crippen molar-refractivity contribution in [3.05, 3.63) is 29.8 Å². The molecule has 96 valence electrons.